The molecule has 1 saturated carbocycles. The van der Waals surface area contributed by atoms with Gasteiger partial charge in [-0.05, 0) is 107 Å². The van der Waals surface area contributed by atoms with E-state index in [9.17, 15) is 0 Å². The standard InChI is InChI=1S/C44H32/c1-42(2)38-20-19-33(25-36(38)37-24-30-13-5-6-14-31(30)26-39(37)42)41-35-16-8-7-15-34(35)40(43-21-9-10-22-44(41,43)27-43)32-18-17-28-11-3-4-12-29(28)23-32/h3-26H,27H2,1-2H3. The van der Waals surface area contributed by atoms with Crippen molar-refractivity contribution in [3.63, 3.8) is 0 Å². The SMILES string of the molecule is CC1(C)c2ccc(C3=c4ccccc4=C(c4ccc5ccccc5c4)C45C=CC=CC34C5)cc2-c2cc3ccccc3cc21. The quantitative estimate of drug-likeness (QED) is 0.198. The molecule has 6 aromatic carbocycles. The van der Waals surface area contributed by atoms with Crippen molar-refractivity contribution in [2.24, 2.45) is 10.8 Å². The summed E-state index contributed by atoms with van der Waals surface area (Å²) in [6, 6.07) is 46.0. The zero-order chi connectivity index (χ0) is 29.3. The van der Waals surface area contributed by atoms with E-state index in [-0.39, 0.29) is 16.2 Å². The first-order valence-electron chi connectivity index (χ1n) is 15.9. The van der Waals surface area contributed by atoms with Gasteiger partial charge in [0.05, 0.1) is 0 Å². The minimum atomic E-state index is -0.0499. The van der Waals surface area contributed by atoms with E-state index in [0.29, 0.717) is 0 Å². The second kappa shape index (κ2) is 8.16. The molecule has 6 aromatic rings. The van der Waals surface area contributed by atoms with Crippen LogP contribution in [0.4, 0.5) is 0 Å². The number of fused-ring (bicyclic) bond motifs is 6. The van der Waals surface area contributed by atoms with Crippen LogP contribution in [0.2, 0.25) is 0 Å². The molecule has 4 aliphatic carbocycles. The van der Waals surface area contributed by atoms with Gasteiger partial charge in [0, 0.05) is 16.2 Å². The average molecular weight is 561 g/mol. The molecule has 0 bridgehead atoms. The monoisotopic (exact) mass is 560 g/mol. The van der Waals surface area contributed by atoms with E-state index in [1.807, 2.05) is 0 Å². The van der Waals surface area contributed by atoms with Gasteiger partial charge in [-0.25, -0.2) is 0 Å². The molecule has 4 aliphatic rings. The Balaban J connectivity index is 1.28. The molecular weight excluding hydrogens is 528 g/mol. The first-order chi connectivity index (χ1) is 21.5. The van der Waals surface area contributed by atoms with Crippen LogP contribution in [0.3, 0.4) is 0 Å². The van der Waals surface area contributed by atoms with Gasteiger partial charge in [0.2, 0.25) is 0 Å². The number of rotatable bonds is 2. The van der Waals surface area contributed by atoms with Crippen molar-refractivity contribution >= 4 is 32.7 Å². The summed E-state index contributed by atoms with van der Waals surface area (Å²) >= 11 is 0. The predicted molar refractivity (Wildman–Crippen MR) is 184 cm³/mol. The van der Waals surface area contributed by atoms with Crippen LogP contribution in [0, 0.1) is 10.8 Å². The van der Waals surface area contributed by atoms with E-state index < -0.39 is 0 Å². The van der Waals surface area contributed by atoms with Gasteiger partial charge in [-0.3, -0.25) is 0 Å². The lowest BCUT2D eigenvalue weighted by molar-refractivity contribution is 0.660. The molecule has 208 valence electrons. The van der Waals surface area contributed by atoms with Crippen LogP contribution in [0.15, 0.2) is 146 Å². The van der Waals surface area contributed by atoms with E-state index in [4.69, 9.17) is 0 Å². The molecule has 0 heteroatoms. The Morgan fingerprint density at radius 3 is 1.66 bits per heavy atom. The van der Waals surface area contributed by atoms with Crippen molar-refractivity contribution in [3.8, 4) is 11.1 Å². The van der Waals surface area contributed by atoms with Crippen LogP contribution in [0.25, 0.3) is 43.8 Å². The molecular formula is C44H32. The van der Waals surface area contributed by atoms with Crippen molar-refractivity contribution in [2.75, 3.05) is 0 Å². The Kier molecular flexibility index (Phi) is 4.54. The molecule has 44 heavy (non-hydrogen) atoms. The van der Waals surface area contributed by atoms with Crippen molar-refractivity contribution in [1.82, 2.24) is 0 Å². The van der Waals surface area contributed by atoms with Crippen LogP contribution in [0.5, 0.6) is 0 Å². The number of benzene rings is 6. The number of hydrogen-bond donors (Lipinski definition) is 0. The maximum Gasteiger partial charge on any atom is 0.0291 e. The van der Waals surface area contributed by atoms with Crippen LogP contribution in [0.1, 0.15) is 42.5 Å². The third-order valence-electron chi connectivity index (χ3n) is 11.3. The Morgan fingerprint density at radius 2 is 0.977 bits per heavy atom. The van der Waals surface area contributed by atoms with Gasteiger partial charge in [0.25, 0.3) is 0 Å². The smallest absolute Gasteiger partial charge is 0.0291 e. The topological polar surface area (TPSA) is 0 Å². The van der Waals surface area contributed by atoms with Crippen LogP contribution in [-0.2, 0) is 5.41 Å². The summed E-state index contributed by atoms with van der Waals surface area (Å²) in [7, 11) is 0. The summed E-state index contributed by atoms with van der Waals surface area (Å²) < 4.78 is 0. The van der Waals surface area contributed by atoms with Crippen molar-refractivity contribution in [3.05, 3.63) is 178 Å². The molecule has 0 amide bonds. The van der Waals surface area contributed by atoms with Crippen LogP contribution < -0.4 is 10.4 Å². The highest BCUT2D eigenvalue weighted by molar-refractivity contribution is 5.97. The first-order valence-corrected chi connectivity index (χ1v) is 15.9. The van der Waals surface area contributed by atoms with Gasteiger partial charge < -0.3 is 0 Å². The average Bonchev–Trinajstić information content (AvgIpc) is 3.71. The number of hydrogen-bond acceptors (Lipinski definition) is 0. The maximum atomic E-state index is 2.52. The molecule has 2 unspecified atom stereocenters. The molecule has 0 spiro atoms. The fraction of sp³-hybridized carbons (Fsp3) is 0.136. The molecule has 0 radical (unpaired) electrons. The largest absolute Gasteiger partial charge is 0.0727 e. The molecule has 0 nitrogen and oxygen atoms in total. The second-order valence-corrected chi connectivity index (χ2v) is 13.8. The highest BCUT2D eigenvalue weighted by Crippen LogP contribution is 2.77. The van der Waals surface area contributed by atoms with Gasteiger partial charge in [-0.15, -0.1) is 0 Å². The molecule has 0 aromatic heterocycles. The third kappa shape index (κ3) is 2.94. The van der Waals surface area contributed by atoms with Crippen LogP contribution >= 0.6 is 0 Å². The maximum absolute atomic E-state index is 2.52. The predicted octanol–water partition coefficient (Wildman–Crippen LogP) is 9.21. The summed E-state index contributed by atoms with van der Waals surface area (Å²) in [5.74, 6) is 0. The summed E-state index contributed by atoms with van der Waals surface area (Å²) in [6.07, 6.45) is 10.7. The van der Waals surface area contributed by atoms with Gasteiger partial charge in [-0.2, -0.15) is 0 Å². The summed E-state index contributed by atoms with van der Waals surface area (Å²) in [5, 5.41) is 7.97. The molecule has 0 saturated heterocycles. The Bertz CT molecular complexity index is 2450. The van der Waals surface area contributed by atoms with Crippen molar-refractivity contribution in [2.45, 2.75) is 25.7 Å². The molecule has 0 N–H and O–H groups in total. The summed E-state index contributed by atoms with van der Waals surface area (Å²) in [5.41, 5.74) is 11.2. The normalized spacial score (nSPS) is 23.2. The molecule has 2 atom stereocenters. The fourth-order valence-electron chi connectivity index (χ4n) is 9.20. The lowest BCUT2D eigenvalue weighted by Crippen LogP contribution is -2.40. The Hall–Kier alpha value is -4.94. The second-order valence-electron chi connectivity index (χ2n) is 13.8. The molecule has 1 fully saturated rings. The van der Waals surface area contributed by atoms with E-state index in [1.54, 1.807) is 0 Å². The molecule has 10 rings (SSSR count). The lowest BCUT2D eigenvalue weighted by Gasteiger charge is -2.33. The van der Waals surface area contributed by atoms with Gasteiger partial charge in [-0.1, -0.05) is 135 Å². The lowest BCUT2D eigenvalue weighted by atomic mass is 9.69. The van der Waals surface area contributed by atoms with Gasteiger partial charge in [0.15, 0.2) is 0 Å². The van der Waals surface area contributed by atoms with Gasteiger partial charge >= 0.3 is 0 Å². The Labute approximate surface area is 258 Å². The number of allylic oxidation sites excluding steroid dienone is 4. The van der Waals surface area contributed by atoms with Crippen molar-refractivity contribution in [1.29, 1.82) is 0 Å². The molecule has 0 heterocycles. The highest BCUT2D eigenvalue weighted by Gasteiger charge is 2.70. The van der Waals surface area contributed by atoms with E-state index in [1.165, 1.54) is 76.5 Å². The highest BCUT2D eigenvalue weighted by atomic mass is 14.7. The molecule has 0 aliphatic heterocycles. The summed E-state index contributed by atoms with van der Waals surface area (Å²) in [4.78, 5) is 0. The van der Waals surface area contributed by atoms with E-state index in [2.05, 4.69) is 159 Å². The third-order valence-corrected chi connectivity index (χ3v) is 11.3. The minimum absolute atomic E-state index is 0.0332. The fourth-order valence-corrected chi connectivity index (χ4v) is 9.20. The summed E-state index contributed by atoms with van der Waals surface area (Å²) in [6.45, 7) is 4.78. The minimum Gasteiger partial charge on any atom is -0.0727 e. The Morgan fingerprint density at radius 1 is 0.455 bits per heavy atom. The van der Waals surface area contributed by atoms with Crippen molar-refractivity contribution < 1.29 is 0 Å². The first kappa shape index (κ1) is 24.5. The zero-order valence-corrected chi connectivity index (χ0v) is 25.1. The van der Waals surface area contributed by atoms with Gasteiger partial charge in [0.1, 0.15) is 0 Å². The van der Waals surface area contributed by atoms with E-state index >= 15 is 0 Å². The van der Waals surface area contributed by atoms with E-state index in [0.717, 1.165) is 6.42 Å². The van der Waals surface area contributed by atoms with Crippen LogP contribution in [-0.4, -0.2) is 0 Å². The zero-order valence-electron chi connectivity index (χ0n) is 25.1.